The minimum absolute atomic E-state index is 0.158. The zero-order valence-electron chi connectivity index (χ0n) is 18.8. The number of benzene rings is 1. The summed E-state index contributed by atoms with van der Waals surface area (Å²) in [5.74, 6) is -0.0155. The van der Waals surface area contributed by atoms with Crippen molar-refractivity contribution in [1.29, 1.82) is 0 Å². The number of rotatable bonds is 5. The molecular formula is C24H31F3N4O2. The fourth-order valence-corrected chi connectivity index (χ4v) is 4.56. The molecule has 0 radical (unpaired) electrons. The number of piperazine rings is 2. The van der Waals surface area contributed by atoms with Crippen molar-refractivity contribution >= 4 is 17.9 Å². The first kappa shape index (κ1) is 23.8. The maximum Gasteiger partial charge on any atom is 0.416 e. The van der Waals surface area contributed by atoms with E-state index in [9.17, 15) is 22.8 Å². The minimum atomic E-state index is -4.37. The molecule has 2 heterocycles. The minimum Gasteiger partial charge on any atom is -0.339 e. The summed E-state index contributed by atoms with van der Waals surface area (Å²) in [6.07, 6.45) is 2.45. The van der Waals surface area contributed by atoms with Crippen molar-refractivity contribution in [2.45, 2.75) is 31.5 Å². The van der Waals surface area contributed by atoms with Crippen LogP contribution in [-0.4, -0.2) is 96.4 Å². The van der Waals surface area contributed by atoms with E-state index in [-0.39, 0.29) is 11.8 Å². The predicted octanol–water partition coefficient (Wildman–Crippen LogP) is 2.56. The van der Waals surface area contributed by atoms with Crippen molar-refractivity contribution in [2.75, 3.05) is 58.9 Å². The van der Waals surface area contributed by atoms with Gasteiger partial charge < -0.3 is 9.80 Å². The highest BCUT2D eigenvalue weighted by molar-refractivity contribution is 5.91. The van der Waals surface area contributed by atoms with Gasteiger partial charge in [0.1, 0.15) is 0 Å². The molecule has 0 bridgehead atoms. The van der Waals surface area contributed by atoms with E-state index in [1.807, 2.05) is 4.90 Å². The second-order valence-electron chi connectivity index (χ2n) is 9.06. The summed E-state index contributed by atoms with van der Waals surface area (Å²) >= 11 is 0. The van der Waals surface area contributed by atoms with Crippen LogP contribution in [0.3, 0.4) is 0 Å². The van der Waals surface area contributed by atoms with E-state index in [1.54, 1.807) is 4.90 Å². The molecule has 4 rings (SSSR count). The van der Waals surface area contributed by atoms with Crippen LogP contribution in [0.25, 0.3) is 6.08 Å². The maximum atomic E-state index is 12.7. The van der Waals surface area contributed by atoms with E-state index < -0.39 is 11.7 Å². The van der Waals surface area contributed by atoms with Gasteiger partial charge in [-0.25, -0.2) is 0 Å². The van der Waals surface area contributed by atoms with Gasteiger partial charge in [0.25, 0.3) is 0 Å². The summed E-state index contributed by atoms with van der Waals surface area (Å²) in [7, 11) is 0. The standard InChI is InChI=1S/C24H31F3N4O2/c25-24(26,27)20-7-4-19(5-8-20)6-9-22(32)30-12-10-28(11-13-30)18-23(33)31-16-14-29(15-17-31)21-2-1-3-21/h4-9,21H,1-3,10-18H2/b9-6+. The number of hydrogen-bond acceptors (Lipinski definition) is 4. The summed E-state index contributed by atoms with van der Waals surface area (Å²) in [5.41, 5.74) is -0.171. The van der Waals surface area contributed by atoms with Crippen molar-refractivity contribution < 1.29 is 22.8 Å². The Bertz CT molecular complexity index is 851. The van der Waals surface area contributed by atoms with E-state index >= 15 is 0 Å². The third-order valence-corrected chi connectivity index (χ3v) is 6.96. The molecule has 1 aromatic carbocycles. The molecule has 33 heavy (non-hydrogen) atoms. The van der Waals surface area contributed by atoms with Gasteiger partial charge in [-0.15, -0.1) is 0 Å². The van der Waals surface area contributed by atoms with Crippen LogP contribution < -0.4 is 0 Å². The molecule has 1 saturated carbocycles. The van der Waals surface area contributed by atoms with Crippen LogP contribution in [0.5, 0.6) is 0 Å². The molecule has 0 unspecified atom stereocenters. The van der Waals surface area contributed by atoms with Crippen LogP contribution in [0, 0.1) is 0 Å². The smallest absolute Gasteiger partial charge is 0.339 e. The zero-order chi connectivity index (χ0) is 23.4. The Labute approximate surface area is 192 Å². The highest BCUT2D eigenvalue weighted by atomic mass is 19.4. The fraction of sp³-hybridized carbons (Fsp3) is 0.583. The third-order valence-electron chi connectivity index (χ3n) is 6.96. The lowest BCUT2D eigenvalue weighted by molar-refractivity contribution is -0.138. The van der Waals surface area contributed by atoms with E-state index in [0.717, 1.165) is 44.4 Å². The summed E-state index contributed by atoms with van der Waals surface area (Å²) in [6, 6.07) is 5.44. The van der Waals surface area contributed by atoms with Gasteiger partial charge in [-0.3, -0.25) is 19.4 Å². The number of carbonyl (C=O) groups excluding carboxylic acids is 2. The molecule has 3 aliphatic rings. The molecule has 3 fully saturated rings. The van der Waals surface area contributed by atoms with Crippen molar-refractivity contribution in [3.05, 3.63) is 41.5 Å². The molecule has 0 spiro atoms. The zero-order valence-corrected chi connectivity index (χ0v) is 18.8. The fourth-order valence-electron chi connectivity index (χ4n) is 4.56. The van der Waals surface area contributed by atoms with E-state index in [2.05, 4.69) is 9.80 Å². The van der Waals surface area contributed by atoms with Gasteiger partial charge in [0.15, 0.2) is 0 Å². The second-order valence-corrected chi connectivity index (χ2v) is 9.06. The second kappa shape index (κ2) is 10.3. The van der Waals surface area contributed by atoms with E-state index in [0.29, 0.717) is 38.3 Å². The first-order valence-corrected chi connectivity index (χ1v) is 11.7. The molecule has 1 aliphatic carbocycles. The summed E-state index contributed by atoms with van der Waals surface area (Å²) in [6.45, 7) is 6.21. The molecule has 180 valence electrons. The molecular weight excluding hydrogens is 433 g/mol. The number of alkyl halides is 3. The van der Waals surface area contributed by atoms with Crippen LogP contribution in [0.1, 0.15) is 30.4 Å². The lowest BCUT2D eigenvalue weighted by Gasteiger charge is -2.43. The number of amides is 2. The van der Waals surface area contributed by atoms with Gasteiger partial charge >= 0.3 is 6.18 Å². The first-order chi connectivity index (χ1) is 15.8. The van der Waals surface area contributed by atoms with Crippen molar-refractivity contribution in [1.82, 2.24) is 19.6 Å². The highest BCUT2D eigenvalue weighted by Gasteiger charge is 2.31. The van der Waals surface area contributed by atoms with Gasteiger partial charge in [0.05, 0.1) is 12.1 Å². The molecule has 2 amide bonds. The number of halogens is 3. The molecule has 0 N–H and O–H groups in total. The number of carbonyl (C=O) groups is 2. The van der Waals surface area contributed by atoms with Crippen molar-refractivity contribution in [3.8, 4) is 0 Å². The molecule has 9 heteroatoms. The lowest BCUT2D eigenvalue weighted by Crippen LogP contribution is -2.56. The number of hydrogen-bond donors (Lipinski definition) is 0. The molecule has 2 aliphatic heterocycles. The lowest BCUT2D eigenvalue weighted by atomic mass is 9.91. The Morgan fingerprint density at radius 1 is 0.879 bits per heavy atom. The van der Waals surface area contributed by atoms with Crippen LogP contribution in [0.4, 0.5) is 13.2 Å². The summed E-state index contributed by atoms with van der Waals surface area (Å²) in [4.78, 5) is 33.4. The molecule has 0 atom stereocenters. The SMILES string of the molecule is O=C(/C=C/c1ccc(C(F)(F)F)cc1)N1CCN(CC(=O)N2CCN(C3CCC3)CC2)CC1. The maximum absolute atomic E-state index is 12.7. The highest BCUT2D eigenvalue weighted by Crippen LogP contribution is 2.29. The molecule has 0 aromatic heterocycles. The molecule has 6 nitrogen and oxygen atoms in total. The Balaban J connectivity index is 1.18. The Kier molecular flexibility index (Phi) is 7.38. The Morgan fingerprint density at radius 2 is 1.48 bits per heavy atom. The van der Waals surface area contributed by atoms with E-state index in [1.165, 1.54) is 43.5 Å². The van der Waals surface area contributed by atoms with Gasteiger partial charge in [0, 0.05) is 64.5 Å². The summed E-state index contributed by atoms with van der Waals surface area (Å²) < 4.78 is 37.9. The van der Waals surface area contributed by atoms with Crippen LogP contribution in [0.2, 0.25) is 0 Å². The van der Waals surface area contributed by atoms with Crippen LogP contribution in [-0.2, 0) is 15.8 Å². The number of nitrogens with zero attached hydrogens (tertiary/aromatic N) is 4. The largest absolute Gasteiger partial charge is 0.416 e. The van der Waals surface area contributed by atoms with Crippen LogP contribution in [0.15, 0.2) is 30.3 Å². The molecule has 1 aromatic rings. The average molecular weight is 465 g/mol. The summed E-state index contributed by atoms with van der Waals surface area (Å²) in [5, 5.41) is 0. The monoisotopic (exact) mass is 464 g/mol. The quantitative estimate of drug-likeness (QED) is 0.629. The van der Waals surface area contributed by atoms with Crippen molar-refractivity contribution in [3.63, 3.8) is 0 Å². The Hall–Kier alpha value is -2.39. The van der Waals surface area contributed by atoms with Crippen LogP contribution >= 0.6 is 0 Å². The van der Waals surface area contributed by atoms with Gasteiger partial charge in [-0.05, 0) is 36.6 Å². The predicted molar refractivity (Wildman–Crippen MR) is 119 cm³/mol. The average Bonchev–Trinajstić information content (AvgIpc) is 2.77. The first-order valence-electron chi connectivity index (χ1n) is 11.7. The van der Waals surface area contributed by atoms with E-state index in [4.69, 9.17) is 0 Å². The third kappa shape index (κ3) is 6.14. The van der Waals surface area contributed by atoms with Gasteiger partial charge in [0.2, 0.25) is 11.8 Å². The van der Waals surface area contributed by atoms with Gasteiger partial charge in [-0.2, -0.15) is 13.2 Å². The van der Waals surface area contributed by atoms with Gasteiger partial charge in [-0.1, -0.05) is 18.6 Å². The molecule has 2 saturated heterocycles. The Morgan fingerprint density at radius 3 is 2.03 bits per heavy atom. The topological polar surface area (TPSA) is 47.1 Å². The van der Waals surface area contributed by atoms with Crippen molar-refractivity contribution in [2.24, 2.45) is 0 Å². The normalized spacial score (nSPS) is 21.4.